The summed E-state index contributed by atoms with van der Waals surface area (Å²) in [7, 11) is 0. The Morgan fingerprint density at radius 2 is 2.00 bits per heavy atom. The number of H-pyrrole nitrogens is 1. The average molecular weight is 400 g/mol. The van der Waals surface area contributed by atoms with Crippen molar-refractivity contribution in [3.63, 3.8) is 0 Å². The first kappa shape index (κ1) is 19.2. The molecule has 3 aromatic rings. The van der Waals surface area contributed by atoms with Gasteiger partial charge in [-0.25, -0.2) is 9.78 Å². The highest BCUT2D eigenvalue weighted by Gasteiger charge is 2.19. The summed E-state index contributed by atoms with van der Waals surface area (Å²) in [6, 6.07) is 10.6. The summed E-state index contributed by atoms with van der Waals surface area (Å²) < 4.78 is 6.01. The van der Waals surface area contributed by atoms with E-state index in [0.717, 1.165) is 21.9 Å². The van der Waals surface area contributed by atoms with Crippen LogP contribution in [0.25, 0.3) is 11.3 Å². The Bertz CT molecular complexity index is 1100. The lowest BCUT2D eigenvalue weighted by molar-refractivity contribution is -0.153. The van der Waals surface area contributed by atoms with Gasteiger partial charge in [-0.05, 0) is 6.92 Å². The fourth-order valence-electron chi connectivity index (χ4n) is 2.28. The maximum Gasteiger partial charge on any atom is 0.328 e. The number of nitrogens with zero attached hydrogens (tertiary/aromatic N) is 2. The summed E-state index contributed by atoms with van der Waals surface area (Å²) in [4.78, 5) is 53.1. The van der Waals surface area contributed by atoms with E-state index in [4.69, 9.17) is 4.74 Å². The molecule has 0 unspecified atom stereocenters. The minimum absolute atomic E-state index is 0.378. The molecule has 0 saturated heterocycles. The Morgan fingerprint density at radius 3 is 2.71 bits per heavy atom. The van der Waals surface area contributed by atoms with Crippen LogP contribution in [0.15, 0.2) is 57.6 Å². The molecule has 2 heterocycles. The van der Waals surface area contributed by atoms with Gasteiger partial charge >= 0.3 is 11.7 Å². The molecule has 0 radical (unpaired) electrons. The summed E-state index contributed by atoms with van der Waals surface area (Å²) in [6.07, 6.45) is 0.0865. The van der Waals surface area contributed by atoms with E-state index in [9.17, 15) is 19.2 Å². The molecular formula is C18H16N4O5S. The lowest BCUT2D eigenvalue weighted by atomic mass is 10.2. The number of rotatable bonds is 6. The topological polar surface area (TPSA) is 123 Å². The molecule has 10 heteroatoms. The van der Waals surface area contributed by atoms with Gasteiger partial charge in [0, 0.05) is 23.2 Å². The van der Waals surface area contributed by atoms with Crippen molar-refractivity contribution in [2.24, 2.45) is 0 Å². The maximum atomic E-state index is 12.2. The molecule has 0 bridgehead atoms. The van der Waals surface area contributed by atoms with Gasteiger partial charge in [-0.15, -0.1) is 11.3 Å². The molecule has 0 saturated carbocycles. The Hall–Kier alpha value is -3.53. The average Bonchev–Trinajstić information content (AvgIpc) is 3.13. The second kappa shape index (κ2) is 8.44. The number of benzene rings is 1. The normalized spacial score (nSPS) is 11.6. The summed E-state index contributed by atoms with van der Waals surface area (Å²) in [5.74, 6) is -1.34. The highest BCUT2D eigenvalue weighted by atomic mass is 32.1. The molecular weight excluding hydrogens is 384 g/mol. The Labute approximate surface area is 162 Å². The quantitative estimate of drug-likeness (QED) is 0.600. The molecule has 1 aromatic carbocycles. The molecule has 9 nitrogen and oxygen atoms in total. The minimum atomic E-state index is -1.09. The number of carbonyl (C=O) groups is 2. The van der Waals surface area contributed by atoms with Crippen LogP contribution in [0.2, 0.25) is 0 Å². The summed E-state index contributed by atoms with van der Waals surface area (Å²) in [5, 5.41) is 4.78. The molecule has 1 amide bonds. The van der Waals surface area contributed by atoms with Gasteiger partial charge in [0.25, 0.3) is 11.5 Å². The highest BCUT2D eigenvalue weighted by Crippen LogP contribution is 2.24. The maximum absolute atomic E-state index is 12.2. The molecule has 0 aliphatic carbocycles. The lowest BCUT2D eigenvalue weighted by Crippen LogP contribution is -2.34. The SMILES string of the molecule is C[C@@H](OC(=O)Cn1ccc(=O)[nH]c1=O)C(=O)Nc1nc(-c2ccccc2)cs1. The van der Waals surface area contributed by atoms with Crippen LogP contribution in [0.3, 0.4) is 0 Å². The van der Waals surface area contributed by atoms with Crippen LogP contribution in [-0.2, 0) is 20.9 Å². The second-order valence-electron chi connectivity index (χ2n) is 5.76. The van der Waals surface area contributed by atoms with Gasteiger partial charge in [0.1, 0.15) is 6.54 Å². The van der Waals surface area contributed by atoms with Crippen molar-refractivity contribution >= 4 is 28.3 Å². The van der Waals surface area contributed by atoms with Crippen LogP contribution in [-0.4, -0.2) is 32.5 Å². The van der Waals surface area contributed by atoms with E-state index in [1.165, 1.54) is 24.5 Å². The molecule has 0 spiro atoms. The lowest BCUT2D eigenvalue weighted by Gasteiger charge is -2.12. The molecule has 0 fully saturated rings. The van der Waals surface area contributed by atoms with Gasteiger partial charge < -0.3 is 4.74 Å². The molecule has 1 atom stereocenters. The number of hydrogen-bond donors (Lipinski definition) is 2. The Morgan fingerprint density at radius 1 is 1.25 bits per heavy atom. The molecule has 3 rings (SSSR count). The van der Waals surface area contributed by atoms with Gasteiger partial charge in [0.15, 0.2) is 11.2 Å². The van der Waals surface area contributed by atoms with Crippen LogP contribution in [0.5, 0.6) is 0 Å². The van der Waals surface area contributed by atoms with Crippen LogP contribution in [0.4, 0.5) is 5.13 Å². The van der Waals surface area contributed by atoms with Crippen molar-refractivity contribution in [3.8, 4) is 11.3 Å². The fourth-order valence-corrected chi connectivity index (χ4v) is 3.00. The van der Waals surface area contributed by atoms with Crippen LogP contribution >= 0.6 is 11.3 Å². The van der Waals surface area contributed by atoms with E-state index < -0.39 is 35.8 Å². The zero-order valence-electron chi connectivity index (χ0n) is 14.7. The van der Waals surface area contributed by atoms with E-state index in [1.807, 2.05) is 40.7 Å². The number of aromatic amines is 1. The van der Waals surface area contributed by atoms with Crippen molar-refractivity contribution in [1.82, 2.24) is 14.5 Å². The van der Waals surface area contributed by atoms with Gasteiger partial charge in [0.05, 0.1) is 5.69 Å². The zero-order valence-corrected chi connectivity index (χ0v) is 15.6. The number of ether oxygens (including phenoxy) is 1. The number of hydrogen-bond acceptors (Lipinski definition) is 7. The smallest absolute Gasteiger partial charge is 0.328 e. The Kier molecular flexibility index (Phi) is 5.80. The number of nitrogens with one attached hydrogen (secondary N) is 2. The van der Waals surface area contributed by atoms with E-state index in [0.29, 0.717) is 5.13 Å². The molecule has 28 heavy (non-hydrogen) atoms. The molecule has 144 valence electrons. The highest BCUT2D eigenvalue weighted by molar-refractivity contribution is 7.14. The third-order valence-corrected chi connectivity index (χ3v) is 4.44. The van der Waals surface area contributed by atoms with Gasteiger partial charge in [-0.3, -0.25) is 29.3 Å². The molecule has 2 aromatic heterocycles. The first-order chi connectivity index (χ1) is 13.4. The standard InChI is InChI=1S/C18H16N4O5S/c1-11(27-15(24)9-22-8-7-14(23)20-18(22)26)16(25)21-17-19-13(10-28-17)12-5-3-2-4-6-12/h2-8,10-11H,9H2,1H3,(H,19,21,25)(H,20,23,26)/t11-/m1/s1. The van der Waals surface area contributed by atoms with Crippen LogP contribution in [0.1, 0.15) is 6.92 Å². The molecule has 0 aliphatic heterocycles. The van der Waals surface area contributed by atoms with E-state index >= 15 is 0 Å². The summed E-state index contributed by atoms with van der Waals surface area (Å²) in [5.41, 5.74) is 0.339. The fraction of sp³-hybridized carbons (Fsp3) is 0.167. The van der Waals surface area contributed by atoms with Crippen molar-refractivity contribution in [2.75, 3.05) is 5.32 Å². The number of amides is 1. The van der Waals surface area contributed by atoms with Crippen molar-refractivity contribution in [2.45, 2.75) is 19.6 Å². The second-order valence-corrected chi connectivity index (χ2v) is 6.62. The number of carbonyl (C=O) groups excluding carboxylic acids is 2. The number of esters is 1. The van der Waals surface area contributed by atoms with Crippen LogP contribution in [0, 0.1) is 0 Å². The third-order valence-electron chi connectivity index (χ3n) is 3.68. The van der Waals surface area contributed by atoms with Gasteiger partial charge in [-0.2, -0.15) is 0 Å². The Balaban J connectivity index is 1.57. The molecule has 0 aliphatic rings. The zero-order chi connectivity index (χ0) is 20.1. The predicted octanol–water partition coefficient (Wildman–Crippen LogP) is 1.23. The number of aromatic nitrogens is 3. The first-order valence-corrected chi connectivity index (χ1v) is 9.11. The van der Waals surface area contributed by atoms with E-state index in [2.05, 4.69) is 10.3 Å². The first-order valence-electron chi connectivity index (χ1n) is 8.23. The van der Waals surface area contributed by atoms with Crippen molar-refractivity contribution in [1.29, 1.82) is 0 Å². The summed E-state index contributed by atoms with van der Waals surface area (Å²) >= 11 is 1.25. The number of thiazole rings is 1. The van der Waals surface area contributed by atoms with E-state index in [-0.39, 0.29) is 0 Å². The largest absolute Gasteiger partial charge is 0.451 e. The van der Waals surface area contributed by atoms with Crippen molar-refractivity contribution < 1.29 is 14.3 Å². The van der Waals surface area contributed by atoms with Crippen LogP contribution < -0.4 is 16.6 Å². The van der Waals surface area contributed by atoms with E-state index in [1.54, 1.807) is 0 Å². The predicted molar refractivity (Wildman–Crippen MR) is 103 cm³/mol. The monoisotopic (exact) mass is 400 g/mol. The van der Waals surface area contributed by atoms with Gasteiger partial charge in [-0.1, -0.05) is 30.3 Å². The third kappa shape index (κ3) is 4.80. The minimum Gasteiger partial charge on any atom is -0.451 e. The molecule has 2 N–H and O–H groups in total. The number of anilines is 1. The van der Waals surface area contributed by atoms with Crippen molar-refractivity contribution in [3.05, 3.63) is 68.8 Å². The van der Waals surface area contributed by atoms with Gasteiger partial charge in [0.2, 0.25) is 0 Å². The summed E-state index contributed by atoms with van der Waals surface area (Å²) in [6.45, 7) is 0.983.